The van der Waals surface area contributed by atoms with Crippen LogP contribution in [0.1, 0.15) is 30.1 Å². The van der Waals surface area contributed by atoms with Gasteiger partial charge in [0.05, 0.1) is 17.4 Å². The Morgan fingerprint density at radius 1 is 1.63 bits per heavy atom. The topological polar surface area (TPSA) is 96.0 Å². The van der Waals surface area contributed by atoms with Crippen LogP contribution in [0.25, 0.3) is 0 Å². The molecule has 1 aromatic carbocycles. The van der Waals surface area contributed by atoms with Gasteiger partial charge in [-0.1, -0.05) is 18.5 Å². The molecule has 0 aliphatic heterocycles. The van der Waals surface area contributed by atoms with E-state index in [1.807, 2.05) is 13.0 Å². The maximum atomic E-state index is 12.0. The van der Waals surface area contributed by atoms with E-state index in [9.17, 15) is 14.9 Å². The number of nitro groups is 1. The van der Waals surface area contributed by atoms with Crippen molar-refractivity contribution in [2.24, 2.45) is 0 Å². The Labute approximate surface area is 115 Å². The Hall–Kier alpha value is -2.13. The van der Waals surface area contributed by atoms with Crippen molar-refractivity contribution in [1.29, 1.82) is 5.26 Å². The smallest absolute Gasteiger partial charge is 0.282 e. The van der Waals surface area contributed by atoms with Gasteiger partial charge in [0.15, 0.2) is 0 Å². The lowest BCUT2D eigenvalue weighted by Crippen LogP contribution is -2.34. The van der Waals surface area contributed by atoms with Crippen LogP contribution in [0, 0.1) is 21.4 Å². The van der Waals surface area contributed by atoms with Crippen LogP contribution in [0.2, 0.25) is 5.02 Å². The second-order valence-electron chi connectivity index (χ2n) is 3.86. The number of nitrogens with one attached hydrogen (secondary N) is 1. The molecule has 19 heavy (non-hydrogen) atoms. The molecule has 1 N–H and O–H groups in total. The lowest BCUT2D eigenvalue weighted by molar-refractivity contribution is -0.385. The van der Waals surface area contributed by atoms with E-state index in [0.717, 1.165) is 0 Å². The van der Waals surface area contributed by atoms with Crippen LogP contribution in [0.5, 0.6) is 0 Å². The SMILES string of the molecule is CCC(CC#N)NC(=O)c1cc(Cl)ccc1[N+](=O)[O-]. The third-order valence-corrected chi connectivity index (χ3v) is 2.80. The third kappa shape index (κ3) is 3.93. The molecule has 0 saturated heterocycles. The van der Waals surface area contributed by atoms with Gasteiger partial charge < -0.3 is 5.32 Å². The van der Waals surface area contributed by atoms with E-state index < -0.39 is 10.8 Å². The standard InChI is InChI=1S/C12H12ClN3O3/c1-2-9(5-6-14)15-12(17)10-7-8(13)3-4-11(10)16(18)19/h3-4,7,9H,2,5H2,1H3,(H,15,17). The number of carbonyl (C=O) groups excluding carboxylic acids is 1. The van der Waals surface area contributed by atoms with E-state index in [2.05, 4.69) is 5.32 Å². The van der Waals surface area contributed by atoms with Crippen molar-refractivity contribution in [2.75, 3.05) is 0 Å². The molecule has 0 saturated carbocycles. The number of nitriles is 1. The van der Waals surface area contributed by atoms with Gasteiger partial charge in [-0.3, -0.25) is 14.9 Å². The molecule has 0 fully saturated rings. The summed E-state index contributed by atoms with van der Waals surface area (Å²) in [5, 5.41) is 22.3. The fourth-order valence-corrected chi connectivity index (χ4v) is 1.69. The van der Waals surface area contributed by atoms with Gasteiger partial charge in [-0.25, -0.2) is 0 Å². The zero-order chi connectivity index (χ0) is 14.4. The van der Waals surface area contributed by atoms with Crippen LogP contribution in [0.4, 0.5) is 5.69 Å². The van der Waals surface area contributed by atoms with Gasteiger partial charge in [-0.2, -0.15) is 5.26 Å². The highest BCUT2D eigenvalue weighted by atomic mass is 35.5. The Kier molecular flexibility index (Phi) is 5.27. The van der Waals surface area contributed by atoms with E-state index in [4.69, 9.17) is 16.9 Å². The molecule has 7 heteroatoms. The van der Waals surface area contributed by atoms with Crippen LogP contribution in [-0.4, -0.2) is 16.9 Å². The van der Waals surface area contributed by atoms with Crippen LogP contribution >= 0.6 is 11.6 Å². The zero-order valence-electron chi connectivity index (χ0n) is 10.2. The normalized spacial score (nSPS) is 11.4. The number of nitrogens with zero attached hydrogens (tertiary/aromatic N) is 2. The first-order valence-corrected chi connectivity index (χ1v) is 5.99. The van der Waals surface area contributed by atoms with Crippen molar-refractivity contribution in [3.05, 3.63) is 38.9 Å². The highest BCUT2D eigenvalue weighted by Gasteiger charge is 2.22. The maximum Gasteiger partial charge on any atom is 0.282 e. The van der Waals surface area contributed by atoms with Gasteiger partial charge in [-0.05, 0) is 18.6 Å². The maximum absolute atomic E-state index is 12.0. The van der Waals surface area contributed by atoms with Gasteiger partial charge >= 0.3 is 0 Å². The Morgan fingerprint density at radius 3 is 2.84 bits per heavy atom. The van der Waals surface area contributed by atoms with Crippen LogP contribution in [0.3, 0.4) is 0 Å². The number of rotatable bonds is 5. The second-order valence-corrected chi connectivity index (χ2v) is 4.30. The molecule has 0 bridgehead atoms. The van der Waals surface area contributed by atoms with Crippen LogP contribution in [-0.2, 0) is 0 Å². The highest BCUT2D eigenvalue weighted by Crippen LogP contribution is 2.22. The molecule has 100 valence electrons. The number of hydrogen-bond donors (Lipinski definition) is 1. The van der Waals surface area contributed by atoms with Crippen LogP contribution < -0.4 is 5.32 Å². The minimum absolute atomic E-state index is 0.103. The average molecular weight is 282 g/mol. The van der Waals surface area contributed by atoms with E-state index in [1.165, 1.54) is 18.2 Å². The average Bonchev–Trinajstić information content (AvgIpc) is 2.37. The number of amides is 1. The molecule has 1 aromatic rings. The van der Waals surface area contributed by atoms with Crippen molar-refractivity contribution in [1.82, 2.24) is 5.32 Å². The minimum Gasteiger partial charge on any atom is -0.348 e. The predicted molar refractivity (Wildman–Crippen MR) is 69.9 cm³/mol. The summed E-state index contributed by atoms with van der Waals surface area (Å²) in [5.74, 6) is -0.601. The van der Waals surface area contributed by atoms with Crippen molar-refractivity contribution in [3.8, 4) is 6.07 Å². The number of hydrogen-bond acceptors (Lipinski definition) is 4. The Bertz CT molecular complexity index is 540. The molecular formula is C12H12ClN3O3. The first kappa shape index (κ1) is 14.9. The molecule has 1 rings (SSSR count). The lowest BCUT2D eigenvalue weighted by Gasteiger charge is -2.13. The summed E-state index contributed by atoms with van der Waals surface area (Å²) in [6.45, 7) is 1.81. The van der Waals surface area contributed by atoms with E-state index in [-0.39, 0.29) is 28.7 Å². The van der Waals surface area contributed by atoms with Crippen LogP contribution in [0.15, 0.2) is 18.2 Å². The zero-order valence-corrected chi connectivity index (χ0v) is 11.0. The molecule has 1 atom stereocenters. The third-order valence-electron chi connectivity index (χ3n) is 2.57. The first-order chi connectivity index (χ1) is 8.99. The summed E-state index contributed by atoms with van der Waals surface area (Å²) in [4.78, 5) is 22.2. The highest BCUT2D eigenvalue weighted by molar-refractivity contribution is 6.31. The van der Waals surface area contributed by atoms with E-state index >= 15 is 0 Å². The van der Waals surface area contributed by atoms with Gasteiger partial charge in [0.2, 0.25) is 0 Å². The van der Waals surface area contributed by atoms with Crippen molar-refractivity contribution in [3.63, 3.8) is 0 Å². The molecule has 0 aliphatic carbocycles. The summed E-state index contributed by atoms with van der Waals surface area (Å²) in [5.41, 5.74) is -0.414. The van der Waals surface area contributed by atoms with E-state index in [0.29, 0.717) is 6.42 Å². The van der Waals surface area contributed by atoms with Gasteiger partial charge in [0.25, 0.3) is 11.6 Å². The monoisotopic (exact) mass is 281 g/mol. The molecule has 0 aromatic heterocycles. The van der Waals surface area contributed by atoms with Crippen molar-refractivity contribution < 1.29 is 9.72 Å². The van der Waals surface area contributed by atoms with Crippen molar-refractivity contribution in [2.45, 2.75) is 25.8 Å². The fraction of sp³-hybridized carbons (Fsp3) is 0.333. The van der Waals surface area contributed by atoms with Gasteiger partial charge in [-0.15, -0.1) is 0 Å². The Balaban J connectivity index is 3.02. The minimum atomic E-state index is -0.642. The Morgan fingerprint density at radius 2 is 2.32 bits per heavy atom. The molecule has 1 unspecified atom stereocenters. The number of carbonyl (C=O) groups is 1. The predicted octanol–water partition coefficient (Wildman–Crippen LogP) is 2.67. The molecule has 0 heterocycles. The summed E-state index contributed by atoms with van der Waals surface area (Å²) in [7, 11) is 0. The van der Waals surface area contributed by atoms with Gasteiger partial charge in [0, 0.05) is 17.1 Å². The summed E-state index contributed by atoms with van der Waals surface area (Å²) in [6.07, 6.45) is 0.713. The molecule has 0 aliphatic rings. The summed E-state index contributed by atoms with van der Waals surface area (Å²) < 4.78 is 0. The van der Waals surface area contributed by atoms with Gasteiger partial charge in [0.1, 0.15) is 5.56 Å². The molecule has 1 amide bonds. The lowest BCUT2D eigenvalue weighted by atomic mass is 10.1. The molecular weight excluding hydrogens is 270 g/mol. The second kappa shape index (κ2) is 6.71. The number of benzene rings is 1. The summed E-state index contributed by atoms with van der Waals surface area (Å²) >= 11 is 5.74. The summed E-state index contributed by atoms with van der Waals surface area (Å²) in [6, 6.07) is 5.39. The fourth-order valence-electron chi connectivity index (χ4n) is 1.52. The largest absolute Gasteiger partial charge is 0.348 e. The number of halogens is 1. The number of nitro benzene ring substituents is 1. The molecule has 0 spiro atoms. The molecule has 0 radical (unpaired) electrons. The molecule has 6 nitrogen and oxygen atoms in total. The van der Waals surface area contributed by atoms with Crippen molar-refractivity contribution >= 4 is 23.2 Å². The first-order valence-electron chi connectivity index (χ1n) is 5.61. The quantitative estimate of drug-likeness (QED) is 0.663. The van der Waals surface area contributed by atoms with E-state index in [1.54, 1.807) is 0 Å².